The molecule has 2 aliphatic rings. The minimum Gasteiger partial charge on any atom is -0.294 e. The molecule has 0 amide bonds. The van der Waals surface area contributed by atoms with Crippen LogP contribution in [0, 0.1) is 11.8 Å². The standard InChI is InChI=1S/C16H20Cl4O2/c17-15(18)9-3-1-5-11(15)13(21)7-8-14(22)12-6-2-4-10-16(12,19)20/h7-8,11-12H,1-6,9-10H2/b8-7+. The van der Waals surface area contributed by atoms with Crippen LogP contribution in [0.4, 0.5) is 0 Å². The van der Waals surface area contributed by atoms with Gasteiger partial charge in [0.1, 0.15) is 8.67 Å². The highest BCUT2D eigenvalue weighted by Crippen LogP contribution is 2.44. The van der Waals surface area contributed by atoms with Gasteiger partial charge in [0.15, 0.2) is 11.6 Å². The minimum atomic E-state index is -1.03. The van der Waals surface area contributed by atoms with E-state index in [1.807, 2.05) is 0 Å². The van der Waals surface area contributed by atoms with Gasteiger partial charge in [-0.25, -0.2) is 0 Å². The molecule has 0 aromatic carbocycles. The van der Waals surface area contributed by atoms with Crippen molar-refractivity contribution in [3.63, 3.8) is 0 Å². The van der Waals surface area contributed by atoms with Gasteiger partial charge >= 0.3 is 0 Å². The number of allylic oxidation sites excluding steroid dienone is 2. The Hall–Kier alpha value is 0.240. The van der Waals surface area contributed by atoms with Gasteiger partial charge in [-0.05, 0) is 37.8 Å². The van der Waals surface area contributed by atoms with Crippen molar-refractivity contribution < 1.29 is 9.59 Å². The summed E-state index contributed by atoms with van der Waals surface area (Å²) in [7, 11) is 0. The molecule has 0 heterocycles. The Labute approximate surface area is 151 Å². The largest absolute Gasteiger partial charge is 0.294 e. The summed E-state index contributed by atoms with van der Waals surface area (Å²) in [6.45, 7) is 0. The third kappa shape index (κ3) is 4.41. The Bertz CT molecular complexity index is 429. The number of alkyl halides is 4. The monoisotopic (exact) mass is 384 g/mol. The Kier molecular flexibility index (Phi) is 6.27. The van der Waals surface area contributed by atoms with Gasteiger partial charge in [0, 0.05) is 0 Å². The van der Waals surface area contributed by atoms with Gasteiger partial charge in [0.25, 0.3) is 0 Å². The van der Waals surface area contributed by atoms with Crippen LogP contribution in [-0.4, -0.2) is 20.2 Å². The molecular formula is C16H20Cl4O2. The lowest BCUT2D eigenvalue weighted by Crippen LogP contribution is -2.36. The van der Waals surface area contributed by atoms with Gasteiger partial charge in [0.05, 0.1) is 11.8 Å². The summed E-state index contributed by atoms with van der Waals surface area (Å²) in [6, 6.07) is 0. The summed E-state index contributed by atoms with van der Waals surface area (Å²) in [6.07, 6.45) is 8.80. The van der Waals surface area contributed by atoms with Crippen molar-refractivity contribution in [2.75, 3.05) is 0 Å². The first kappa shape index (κ1) is 18.6. The Morgan fingerprint density at radius 3 is 1.41 bits per heavy atom. The molecule has 0 bridgehead atoms. The SMILES string of the molecule is O=C(/C=C/C(=O)C1CCCCC1(Cl)Cl)C1CCCCC1(Cl)Cl. The molecule has 0 spiro atoms. The zero-order valence-electron chi connectivity index (χ0n) is 12.3. The molecule has 0 radical (unpaired) electrons. The molecule has 2 aliphatic carbocycles. The molecule has 0 N–H and O–H groups in total. The van der Waals surface area contributed by atoms with Crippen LogP contribution in [-0.2, 0) is 9.59 Å². The van der Waals surface area contributed by atoms with E-state index < -0.39 is 20.5 Å². The molecule has 0 aromatic rings. The van der Waals surface area contributed by atoms with E-state index in [4.69, 9.17) is 46.4 Å². The maximum absolute atomic E-state index is 12.3. The topological polar surface area (TPSA) is 34.1 Å². The van der Waals surface area contributed by atoms with E-state index in [1.165, 1.54) is 12.2 Å². The van der Waals surface area contributed by atoms with Gasteiger partial charge in [-0.15, -0.1) is 46.4 Å². The Balaban J connectivity index is 2.01. The quantitative estimate of drug-likeness (QED) is 0.478. The van der Waals surface area contributed by atoms with Crippen LogP contribution in [0.15, 0.2) is 12.2 Å². The predicted molar refractivity (Wildman–Crippen MR) is 91.9 cm³/mol. The van der Waals surface area contributed by atoms with Crippen molar-refractivity contribution in [1.29, 1.82) is 0 Å². The molecule has 2 rings (SSSR count). The van der Waals surface area contributed by atoms with E-state index in [0.29, 0.717) is 25.7 Å². The van der Waals surface area contributed by atoms with E-state index in [2.05, 4.69) is 0 Å². The second-order valence-electron chi connectivity index (χ2n) is 6.26. The molecule has 22 heavy (non-hydrogen) atoms. The van der Waals surface area contributed by atoms with Crippen LogP contribution in [0.25, 0.3) is 0 Å². The lowest BCUT2D eigenvalue weighted by molar-refractivity contribution is -0.121. The van der Waals surface area contributed by atoms with Crippen molar-refractivity contribution in [3.05, 3.63) is 12.2 Å². The maximum atomic E-state index is 12.3. The number of carbonyl (C=O) groups is 2. The van der Waals surface area contributed by atoms with E-state index in [1.54, 1.807) is 0 Å². The van der Waals surface area contributed by atoms with Crippen LogP contribution < -0.4 is 0 Å². The van der Waals surface area contributed by atoms with Gasteiger partial charge in [-0.2, -0.15) is 0 Å². The average Bonchev–Trinajstić information content (AvgIpc) is 2.43. The van der Waals surface area contributed by atoms with E-state index in [-0.39, 0.29) is 11.6 Å². The normalized spacial score (nSPS) is 31.1. The molecule has 2 unspecified atom stereocenters. The summed E-state index contributed by atoms with van der Waals surface area (Å²) in [5.74, 6) is -1.28. The van der Waals surface area contributed by atoms with E-state index >= 15 is 0 Å². The minimum absolute atomic E-state index is 0.191. The number of hydrogen-bond donors (Lipinski definition) is 0. The van der Waals surface area contributed by atoms with Gasteiger partial charge in [-0.1, -0.05) is 25.7 Å². The molecule has 0 aliphatic heterocycles. The molecule has 0 aromatic heterocycles. The molecule has 6 heteroatoms. The van der Waals surface area contributed by atoms with Crippen LogP contribution in [0.3, 0.4) is 0 Å². The second kappa shape index (κ2) is 7.42. The van der Waals surface area contributed by atoms with Crippen LogP contribution >= 0.6 is 46.4 Å². The highest BCUT2D eigenvalue weighted by Gasteiger charge is 2.42. The summed E-state index contributed by atoms with van der Waals surface area (Å²) >= 11 is 24.9. The molecule has 2 saturated carbocycles. The molecular weight excluding hydrogens is 366 g/mol. The smallest absolute Gasteiger partial charge is 0.161 e. The molecule has 0 saturated heterocycles. The van der Waals surface area contributed by atoms with Crippen molar-refractivity contribution in [2.45, 2.75) is 60.0 Å². The summed E-state index contributed by atoms with van der Waals surface area (Å²) < 4.78 is -2.06. The van der Waals surface area contributed by atoms with Crippen molar-refractivity contribution in [1.82, 2.24) is 0 Å². The number of rotatable bonds is 4. The number of carbonyl (C=O) groups excluding carboxylic acids is 2. The molecule has 2 fully saturated rings. The highest BCUT2D eigenvalue weighted by atomic mass is 35.5. The van der Waals surface area contributed by atoms with Crippen LogP contribution in [0.5, 0.6) is 0 Å². The van der Waals surface area contributed by atoms with Gasteiger partial charge in [0.2, 0.25) is 0 Å². The lowest BCUT2D eigenvalue weighted by atomic mass is 9.83. The summed E-state index contributed by atoms with van der Waals surface area (Å²) in [4.78, 5) is 24.6. The first-order valence-electron chi connectivity index (χ1n) is 7.75. The fourth-order valence-corrected chi connectivity index (χ4v) is 4.69. The number of hydrogen-bond acceptors (Lipinski definition) is 2. The highest BCUT2D eigenvalue weighted by molar-refractivity contribution is 6.50. The lowest BCUT2D eigenvalue weighted by Gasteiger charge is -2.33. The first-order chi connectivity index (χ1) is 10.2. The maximum Gasteiger partial charge on any atom is 0.161 e. The molecule has 2 nitrogen and oxygen atoms in total. The second-order valence-corrected chi connectivity index (χ2v) is 9.34. The average molecular weight is 386 g/mol. The van der Waals surface area contributed by atoms with Crippen LogP contribution in [0.1, 0.15) is 51.4 Å². The van der Waals surface area contributed by atoms with Crippen molar-refractivity contribution >= 4 is 58.0 Å². The van der Waals surface area contributed by atoms with Crippen LogP contribution in [0.2, 0.25) is 0 Å². The third-order valence-electron chi connectivity index (χ3n) is 4.62. The fourth-order valence-electron chi connectivity index (χ4n) is 3.29. The van der Waals surface area contributed by atoms with Gasteiger partial charge in [-0.3, -0.25) is 9.59 Å². The zero-order chi connectivity index (χ0) is 16.4. The molecule has 2 atom stereocenters. The fraction of sp³-hybridized carbons (Fsp3) is 0.750. The number of ketones is 2. The summed E-state index contributed by atoms with van der Waals surface area (Å²) in [5, 5.41) is 0. The van der Waals surface area contributed by atoms with E-state index in [9.17, 15) is 9.59 Å². The summed E-state index contributed by atoms with van der Waals surface area (Å²) in [5.41, 5.74) is 0. The molecule has 124 valence electrons. The number of halogens is 4. The van der Waals surface area contributed by atoms with Gasteiger partial charge < -0.3 is 0 Å². The Morgan fingerprint density at radius 2 is 1.09 bits per heavy atom. The Morgan fingerprint density at radius 1 is 0.727 bits per heavy atom. The zero-order valence-corrected chi connectivity index (χ0v) is 15.3. The van der Waals surface area contributed by atoms with E-state index in [0.717, 1.165) is 25.7 Å². The predicted octanol–water partition coefficient (Wildman–Crippen LogP) is 5.41. The van der Waals surface area contributed by atoms with Crippen molar-refractivity contribution in [3.8, 4) is 0 Å². The van der Waals surface area contributed by atoms with Crippen molar-refractivity contribution in [2.24, 2.45) is 11.8 Å². The third-order valence-corrected chi connectivity index (χ3v) is 6.43. The first-order valence-corrected chi connectivity index (χ1v) is 9.27.